The maximum atomic E-state index is 13.2. The molecule has 25 heavy (non-hydrogen) atoms. The van der Waals surface area contributed by atoms with Crippen molar-refractivity contribution in [2.24, 2.45) is 0 Å². The Morgan fingerprint density at radius 2 is 2.04 bits per heavy atom. The molecule has 0 radical (unpaired) electrons. The van der Waals surface area contributed by atoms with Crippen molar-refractivity contribution in [3.05, 3.63) is 71.4 Å². The van der Waals surface area contributed by atoms with Gasteiger partial charge in [0.15, 0.2) is 11.3 Å². The lowest BCUT2D eigenvalue weighted by Gasteiger charge is -2.01. The second-order valence-corrected chi connectivity index (χ2v) is 5.66. The van der Waals surface area contributed by atoms with Crippen molar-refractivity contribution in [2.75, 3.05) is 5.32 Å². The Morgan fingerprint density at radius 1 is 1.16 bits per heavy atom. The summed E-state index contributed by atoms with van der Waals surface area (Å²) in [6.07, 6.45) is 1.43. The maximum absolute atomic E-state index is 13.2. The van der Waals surface area contributed by atoms with Gasteiger partial charge in [0.25, 0.3) is 5.91 Å². The molecule has 2 aromatic heterocycles. The van der Waals surface area contributed by atoms with E-state index in [4.69, 9.17) is 20.4 Å². The number of aromatic nitrogens is 1. The molecule has 0 aliphatic heterocycles. The van der Waals surface area contributed by atoms with Crippen molar-refractivity contribution in [1.29, 1.82) is 0 Å². The number of amides is 1. The van der Waals surface area contributed by atoms with E-state index in [0.717, 1.165) is 0 Å². The molecule has 0 fully saturated rings. The Labute approximate surface area is 146 Å². The molecule has 0 aliphatic rings. The van der Waals surface area contributed by atoms with Gasteiger partial charge in [-0.15, -0.1) is 0 Å². The molecular weight excluding hydrogens is 347 g/mol. The predicted octanol–water partition coefficient (Wildman–Crippen LogP) is 5.13. The number of fused-ring (bicyclic) bond motifs is 1. The Kier molecular flexibility index (Phi) is 3.74. The van der Waals surface area contributed by atoms with Crippen LogP contribution in [0.15, 0.2) is 63.6 Å². The first-order chi connectivity index (χ1) is 12.1. The molecule has 1 amide bonds. The van der Waals surface area contributed by atoms with Crippen LogP contribution in [-0.4, -0.2) is 10.9 Å². The second-order valence-electron chi connectivity index (χ2n) is 5.26. The van der Waals surface area contributed by atoms with E-state index in [1.165, 1.54) is 24.5 Å². The number of benzene rings is 2. The van der Waals surface area contributed by atoms with Crippen LogP contribution in [0.25, 0.3) is 22.6 Å². The first-order valence-electron chi connectivity index (χ1n) is 7.31. The number of carbonyl (C=O) groups excluding carboxylic acids is 1. The highest BCUT2D eigenvalue weighted by Crippen LogP contribution is 2.31. The van der Waals surface area contributed by atoms with Crippen LogP contribution in [0.1, 0.15) is 10.6 Å². The molecule has 7 heteroatoms. The van der Waals surface area contributed by atoms with Gasteiger partial charge in [0, 0.05) is 5.69 Å². The largest absolute Gasteiger partial charge is 0.459 e. The van der Waals surface area contributed by atoms with Gasteiger partial charge in [-0.05, 0) is 48.5 Å². The Morgan fingerprint density at radius 3 is 2.80 bits per heavy atom. The van der Waals surface area contributed by atoms with E-state index in [1.807, 2.05) is 0 Å². The zero-order valence-electron chi connectivity index (χ0n) is 12.6. The van der Waals surface area contributed by atoms with E-state index in [2.05, 4.69) is 10.3 Å². The highest BCUT2D eigenvalue weighted by Gasteiger charge is 2.14. The van der Waals surface area contributed by atoms with E-state index in [9.17, 15) is 9.18 Å². The molecule has 0 atom stereocenters. The van der Waals surface area contributed by atoms with Crippen LogP contribution in [0.2, 0.25) is 5.02 Å². The molecule has 4 aromatic rings. The lowest BCUT2D eigenvalue weighted by molar-refractivity contribution is 0.0996. The van der Waals surface area contributed by atoms with E-state index < -0.39 is 5.82 Å². The quantitative estimate of drug-likeness (QED) is 0.552. The lowest BCUT2D eigenvalue weighted by Crippen LogP contribution is -2.10. The molecule has 2 heterocycles. The average molecular weight is 357 g/mol. The van der Waals surface area contributed by atoms with Crippen molar-refractivity contribution in [1.82, 2.24) is 4.98 Å². The number of nitrogens with one attached hydrogen (secondary N) is 1. The van der Waals surface area contributed by atoms with Gasteiger partial charge in [0.1, 0.15) is 11.3 Å². The van der Waals surface area contributed by atoms with E-state index in [1.54, 1.807) is 30.3 Å². The summed E-state index contributed by atoms with van der Waals surface area (Å²) in [6.45, 7) is 0. The van der Waals surface area contributed by atoms with E-state index in [0.29, 0.717) is 22.4 Å². The van der Waals surface area contributed by atoms with Crippen LogP contribution in [-0.2, 0) is 0 Å². The summed E-state index contributed by atoms with van der Waals surface area (Å²) >= 11 is 6.04. The Bertz CT molecular complexity index is 1070. The van der Waals surface area contributed by atoms with Crippen LogP contribution in [0.3, 0.4) is 0 Å². The topological polar surface area (TPSA) is 68.3 Å². The highest BCUT2D eigenvalue weighted by atomic mass is 35.5. The average Bonchev–Trinajstić information content (AvgIpc) is 3.24. The minimum Gasteiger partial charge on any atom is -0.459 e. The highest BCUT2D eigenvalue weighted by molar-refractivity contribution is 6.33. The van der Waals surface area contributed by atoms with Crippen LogP contribution in [0.5, 0.6) is 0 Å². The smallest absolute Gasteiger partial charge is 0.291 e. The van der Waals surface area contributed by atoms with Gasteiger partial charge in [-0.25, -0.2) is 9.37 Å². The molecular formula is C18H10ClFN2O3. The normalized spacial score (nSPS) is 11.0. The van der Waals surface area contributed by atoms with Gasteiger partial charge in [-0.2, -0.15) is 0 Å². The number of hydrogen-bond acceptors (Lipinski definition) is 4. The summed E-state index contributed by atoms with van der Waals surface area (Å²) in [6, 6.07) is 12.2. The minimum atomic E-state index is -0.437. The molecule has 0 spiro atoms. The van der Waals surface area contributed by atoms with Gasteiger partial charge in [0.2, 0.25) is 5.89 Å². The van der Waals surface area contributed by atoms with Crippen molar-refractivity contribution < 1.29 is 18.0 Å². The third-order valence-electron chi connectivity index (χ3n) is 3.55. The van der Waals surface area contributed by atoms with Crippen molar-refractivity contribution in [3.63, 3.8) is 0 Å². The number of hydrogen-bond donors (Lipinski definition) is 1. The number of furan rings is 1. The fraction of sp³-hybridized carbons (Fsp3) is 0. The molecule has 0 unspecified atom stereocenters. The Balaban J connectivity index is 1.66. The first kappa shape index (κ1) is 15.4. The lowest BCUT2D eigenvalue weighted by atomic mass is 10.2. The number of nitrogens with zero attached hydrogens (tertiary/aromatic N) is 1. The monoisotopic (exact) mass is 356 g/mol. The van der Waals surface area contributed by atoms with Crippen molar-refractivity contribution in [2.45, 2.75) is 0 Å². The minimum absolute atomic E-state index is 0.206. The summed E-state index contributed by atoms with van der Waals surface area (Å²) in [5, 5.41) is 2.92. The number of halogens is 2. The number of anilines is 1. The number of oxazole rings is 1. The van der Waals surface area contributed by atoms with Crippen molar-refractivity contribution >= 4 is 34.3 Å². The van der Waals surface area contributed by atoms with Gasteiger partial charge < -0.3 is 14.2 Å². The predicted molar refractivity (Wildman–Crippen MR) is 91.1 cm³/mol. The van der Waals surface area contributed by atoms with Gasteiger partial charge in [-0.3, -0.25) is 4.79 Å². The van der Waals surface area contributed by atoms with E-state index >= 15 is 0 Å². The molecule has 4 rings (SSSR count). The third-order valence-corrected chi connectivity index (χ3v) is 3.86. The molecule has 0 bridgehead atoms. The zero-order chi connectivity index (χ0) is 17.4. The standard InChI is InChI=1S/C18H10ClFN2O3/c19-13-8-10(20)3-5-12(13)18-22-14-9-11(4-6-15(14)25-18)21-17(23)16-2-1-7-24-16/h1-9H,(H,21,23). The second kappa shape index (κ2) is 6.07. The summed E-state index contributed by atoms with van der Waals surface area (Å²) in [5.41, 5.74) is 2.08. The van der Waals surface area contributed by atoms with Crippen LogP contribution < -0.4 is 5.32 Å². The van der Waals surface area contributed by atoms with Gasteiger partial charge >= 0.3 is 0 Å². The number of carbonyl (C=O) groups is 1. The molecule has 0 saturated carbocycles. The number of rotatable bonds is 3. The SMILES string of the molecule is O=C(Nc1ccc2oc(-c3ccc(F)cc3Cl)nc2c1)c1ccco1. The zero-order valence-corrected chi connectivity index (χ0v) is 13.4. The van der Waals surface area contributed by atoms with Crippen LogP contribution in [0, 0.1) is 5.82 Å². The molecule has 2 aromatic carbocycles. The van der Waals surface area contributed by atoms with Gasteiger partial charge in [-0.1, -0.05) is 11.6 Å². The maximum Gasteiger partial charge on any atom is 0.291 e. The molecule has 5 nitrogen and oxygen atoms in total. The summed E-state index contributed by atoms with van der Waals surface area (Å²) in [4.78, 5) is 16.4. The summed E-state index contributed by atoms with van der Waals surface area (Å²) in [7, 11) is 0. The third kappa shape index (κ3) is 2.99. The summed E-state index contributed by atoms with van der Waals surface area (Å²) in [5.74, 6) is -0.323. The van der Waals surface area contributed by atoms with Crippen LogP contribution in [0.4, 0.5) is 10.1 Å². The van der Waals surface area contributed by atoms with E-state index in [-0.39, 0.29) is 22.6 Å². The van der Waals surface area contributed by atoms with Crippen LogP contribution >= 0.6 is 11.6 Å². The van der Waals surface area contributed by atoms with Crippen molar-refractivity contribution in [3.8, 4) is 11.5 Å². The fourth-order valence-electron chi connectivity index (χ4n) is 2.38. The molecule has 1 N–H and O–H groups in total. The first-order valence-corrected chi connectivity index (χ1v) is 7.69. The summed E-state index contributed by atoms with van der Waals surface area (Å²) < 4.78 is 23.9. The molecule has 0 saturated heterocycles. The Hall–Kier alpha value is -3.12. The van der Waals surface area contributed by atoms with Gasteiger partial charge in [0.05, 0.1) is 16.8 Å². The fourth-order valence-corrected chi connectivity index (χ4v) is 2.63. The molecule has 0 aliphatic carbocycles. The molecule has 124 valence electrons.